The maximum absolute atomic E-state index is 14.8. The Labute approximate surface area is 244 Å². The van der Waals surface area contributed by atoms with Crippen LogP contribution in [-0.2, 0) is 32.6 Å². The number of carbonyl (C=O) groups is 2. The molecule has 0 spiro atoms. The summed E-state index contributed by atoms with van der Waals surface area (Å²) in [6.07, 6.45) is 1.06. The molecular formula is C29H32Cl2FN3O4S. The first-order valence-electron chi connectivity index (χ1n) is 12.5. The van der Waals surface area contributed by atoms with Gasteiger partial charge in [0, 0.05) is 29.1 Å². The third kappa shape index (κ3) is 8.68. The van der Waals surface area contributed by atoms with Crippen LogP contribution >= 0.6 is 23.2 Å². The average Bonchev–Trinajstić information content (AvgIpc) is 2.85. The topological polar surface area (TPSA) is 86.8 Å². The summed E-state index contributed by atoms with van der Waals surface area (Å²) in [6, 6.07) is 18.1. The number of benzene rings is 3. The number of nitrogens with zero attached hydrogens (tertiary/aromatic N) is 2. The van der Waals surface area contributed by atoms with Crippen LogP contribution in [0.5, 0.6) is 0 Å². The molecule has 1 N–H and O–H groups in total. The van der Waals surface area contributed by atoms with Gasteiger partial charge in [0.1, 0.15) is 18.4 Å². The summed E-state index contributed by atoms with van der Waals surface area (Å²) in [5.74, 6) is -1.74. The highest BCUT2D eigenvalue weighted by atomic mass is 35.5. The Hall–Kier alpha value is -3.14. The van der Waals surface area contributed by atoms with Crippen LogP contribution in [0.4, 0.5) is 10.1 Å². The van der Waals surface area contributed by atoms with E-state index in [0.717, 1.165) is 16.1 Å². The molecule has 2 amide bonds. The van der Waals surface area contributed by atoms with Crippen LogP contribution in [0.15, 0.2) is 72.8 Å². The summed E-state index contributed by atoms with van der Waals surface area (Å²) in [7, 11) is -4.01. The van der Waals surface area contributed by atoms with Crippen LogP contribution < -0.4 is 9.62 Å². The number of sulfonamides is 1. The Kier molecular flexibility index (Phi) is 10.2. The summed E-state index contributed by atoms with van der Waals surface area (Å²) in [6.45, 7) is 4.47. The molecule has 0 aromatic heterocycles. The van der Waals surface area contributed by atoms with E-state index >= 15 is 0 Å². The van der Waals surface area contributed by atoms with Gasteiger partial charge >= 0.3 is 0 Å². The zero-order chi connectivity index (χ0) is 29.7. The highest BCUT2D eigenvalue weighted by Crippen LogP contribution is 2.31. The minimum absolute atomic E-state index is 0.0256. The lowest BCUT2D eigenvalue weighted by Crippen LogP contribution is -2.56. The zero-order valence-electron chi connectivity index (χ0n) is 22.7. The third-order valence-corrected chi connectivity index (χ3v) is 7.59. The molecule has 1 atom stereocenters. The maximum atomic E-state index is 14.8. The van der Waals surface area contributed by atoms with Gasteiger partial charge in [-0.15, -0.1) is 0 Å². The van der Waals surface area contributed by atoms with Crippen molar-refractivity contribution in [2.24, 2.45) is 0 Å². The second kappa shape index (κ2) is 13.0. The van der Waals surface area contributed by atoms with Gasteiger partial charge in [-0.1, -0.05) is 71.7 Å². The number of rotatable bonds is 10. The highest BCUT2D eigenvalue weighted by Gasteiger charge is 2.35. The van der Waals surface area contributed by atoms with Crippen molar-refractivity contribution in [1.29, 1.82) is 0 Å². The summed E-state index contributed by atoms with van der Waals surface area (Å²) >= 11 is 12.3. The second-order valence-corrected chi connectivity index (χ2v) is 13.2. The molecule has 0 aliphatic rings. The smallest absolute Gasteiger partial charge is 0.244 e. The predicted octanol–water partition coefficient (Wildman–Crippen LogP) is 5.45. The first-order valence-corrected chi connectivity index (χ1v) is 15.1. The van der Waals surface area contributed by atoms with E-state index in [9.17, 15) is 22.4 Å². The lowest BCUT2D eigenvalue weighted by atomic mass is 10.0. The fourth-order valence-corrected chi connectivity index (χ4v) is 5.52. The molecular weight excluding hydrogens is 576 g/mol. The molecule has 11 heteroatoms. The summed E-state index contributed by atoms with van der Waals surface area (Å²) in [5.41, 5.74) is 0.358. The van der Waals surface area contributed by atoms with E-state index in [-0.39, 0.29) is 34.3 Å². The van der Waals surface area contributed by atoms with Gasteiger partial charge in [-0.05, 0) is 50.6 Å². The number of carbonyl (C=O) groups excluding carboxylic acids is 2. The molecule has 0 aliphatic heterocycles. The van der Waals surface area contributed by atoms with E-state index in [1.807, 2.05) is 30.3 Å². The second-order valence-electron chi connectivity index (χ2n) is 10.4. The third-order valence-electron chi connectivity index (χ3n) is 5.93. The maximum Gasteiger partial charge on any atom is 0.244 e. The predicted molar refractivity (Wildman–Crippen MR) is 157 cm³/mol. The Morgan fingerprint density at radius 3 is 2.17 bits per heavy atom. The van der Waals surface area contributed by atoms with Gasteiger partial charge in [-0.25, -0.2) is 12.8 Å². The van der Waals surface area contributed by atoms with E-state index in [1.165, 1.54) is 41.3 Å². The summed E-state index contributed by atoms with van der Waals surface area (Å²) in [5, 5.41) is 3.23. The minimum Gasteiger partial charge on any atom is -0.350 e. The van der Waals surface area contributed by atoms with Crippen LogP contribution in [0, 0.1) is 5.82 Å². The Morgan fingerprint density at radius 2 is 1.60 bits per heavy atom. The molecule has 3 rings (SSSR count). The molecule has 0 fully saturated rings. The number of hydrogen-bond acceptors (Lipinski definition) is 4. The van der Waals surface area contributed by atoms with Crippen molar-refractivity contribution in [3.8, 4) is 0 Å². The molecule has 40 heavy (non-hydrogen) atoms. The van der Waals surface area contributed by atoms with Gasteiger partial charge < -0.3 is 10.2 Å². The molecule has 0 saturated carbocycles. The molecule has 0 aliphatic carbocycles. The normalized spacial score (nSPS) is 12.5. The van der Waals surface area contributed by atoms with Crippen LogP contribution in [-0.4, -0.2) is 49.5 Å². The van der Waals surface area contributed by atoms with Crippen molar-refractivity contribution in [2.45, 2.75) is 45.3 Å². The van der Waals surface area contributed by atoms with E-state index in [1.54, 1.807) is 26.8 Å². The van der Waals surface area contributed by atoms with Crippen molar-refractivity contribution in [3.63, 3.8) is 0 Å². The number of anilines is 1. The molecule has 214 valence electrons. The van der Waals surface area contributed by atoms with Crippen molar-refractivity contribution >= 4 is 50.7 Å². The van der Waals surface area contributed by atoms with Gasteiger partial charge in [-0.3, -0.25) is 13.9 Å². The van der Waals surface area contributed by atoms with Crippen LogP contribution in [0.1, 0.15) is 31.9 Å². The Morgan fingerprint density at radius 1 is 0.975 bits per heavy atom. The largest absolute Gasteiger partial charge is 0.350 e. The number of nitrogens with one attached hydrogen (secondary N) is 1. The number of hydrogen-bond donors (Lipinski definition) is 1. The molecule has 0 saturated heterocycles. The lowest BCUT2D eigenvalue weighted by molar-refractivity contribution is -0.140. The van der Waals surface area contributed by atoms with Crippen LogP contribution in [0.3, 0.4) is 0 Å². The number of halogens is 3. The van der Waals surface area contributed by atoms with Crippen LogP contribution in [0.2, 0.25) is 10.0 Å². The van der Waals surface area contributed by atoms with Gasteiger partial charge in [0.25, 0.3) is 0 Å². The van der Waals surface area contributed by atoms with E-state index in [0.29, 0.717) is 0 Å². The standard InChI is InChI=1S/C29H32Cl2FN3O4S/c1-29(2,3)33-28(37)26(16-20-10-6-5-7-11-20)34(18-21-12-8-9-13-24(21)32)27(36)19-35(40(4,38)39)25-15-14-22(30)17-23(25)31/h5-15,17,26H,16,18-19H2,1-4H3,(H,33,37)/t26-/m1/s1. The van der Waals surface area contributed by atoms with E-state index < -0.39 is 45.8 Å². The Bertz CT molecular complexity index is 1460. The van der Waals surface area contributed by atoms with Crippen molar-refractivity contribution in [3.05, 3.63) is 99.8 Å². The monoisotopic (exact) mass is 607 g/mol. The van der Waals surface area contributed by atoms with E-state index in [2.05, 4.69) is 5.32 Å². The summed E-state index contributed by atoms with van der Waals surface area (Å²) in [4.78, 5) is 28.9. The molecule has 7 nitrogen and oxygen atoms in total. The minimum atomic E-state index is -4.01. The van der Waals surface area contributed by atoms with Gasteiger partial charge in [-0.2, -0.15) is 0 Å². The first kappa shape index (κ1) is 31.4. The Balaban J connectivity index is 2.10. The van der Waals surface area contributed by atoms with Gasteiger partial charge in [0.05, 0.1) is 17.0 Å². The van der Waals surface area contributed by atoms with Crippen molar-refractivity contribution in [1.82, 2.24) is 10.2 Å². The fourth-order valence-electron chi connectivity index (χ4n) is 4.10. The number of amides is 2. The van der Waals surface area contributed by atoms with Crippen molar-refractivity contribution in [2.75, 3.05) is 17.1 Å². The molecule has 3 aromatic rings. The lowest BCUT2D eigenvalue weighted by Gasteiger charge is -2.35. The molecule has 0 radical (unpaired) electrons. The molecule has 0 heterocycles. The van der Waals surface area contributed by atoms with E-state index in [4.69, 9.17) is 23.2 Å². The highest BCUT2D eigenvalue weighted by molar-refractivity contribution is 7.92. The quantitative estimate of drug-likeness (QED) is 0.332. The molecule has 0 unspecified atom stereocenters. The first-order chi connectivity index (χ1) is 18.7. The van der Waals surface area contributed by atoms with Crippen LogP contribution in [0.25, 0.3) is 0 Å². The van der Waals surface area contributed by atoms with Crippen molar-refractivity contribution < 1.29 is 22.4 Å². The van der Waals surface area contributed by atoms with Gasteiger partial charge in [0.2, 0.25) is 21.8 Å². The van der Waals surface area contributed by atoms with Gasteiger partial charge in [0.15, 0.2) is 0 Å². The average molecular weight is 609 g/mol. The molecule has 3 aromatic carbocycles. The SMILES string of the molecule is CC(C)(C)NC(=O)[C@@H](Cc1ccccc1)N(Cc1ccccc1F)C(=O)CN(c1ccc(Cl)cc1Cl)S(C)(=O)=O. The fraction of sp³-hybridized carbons (Fsp3) is 0.310. The summed E-state index contributed by atoms with van der Waals surface area (Å²) < 4.78 is 41.4. The molecule has 0 bridgehead atoms. The zero-order valence-corrected chi connectivity index (χ0v) is 25.0.